The molecule has 1 saturated heterocycles. The number of halogens is 1. The Kier molecular flexibility index (Phi) is 6.14. The van der Waals surface area contributed by atoms with Crippen LogP contribution in [0.2, 0.25) is 5.02 Å². The van der Waals surface area contributed by atoms with Gasteiger partial charge in [-0.3, -0.25) is 20.5 Å². The largest absolute Gasteiger partial charge is 0.467 e. The Hall–Kier alpha value is -2.33. The Morgan fingerprint density at radius 1 is 1.37 bits per heavy atom. The van der Waals surface area contributed by atoms with E-state index in [9.17, 15) is 4.79 Å². The number of hydrogen-bond donors (Lipinski definition) is 4. The fraction of sp³-hybridized carbons (Fsp3) is 0.350. The van der Waals surface area contributed by atoms with Crippen LogP contribution in [-0.2, 0) is 11.3 Å². The van der Waals surface area contributed by atoms with E-state index < -0.39 is 0 Å². The Morgan fingerprint density at radius 2 is 2.20 bits per heavy atom. The minimum absolute atomic E-state index is 0.0522. The lowest BCUT2D eigenvalue weighted by atomic mass is 9.96. The van der Waals surface area contributed by atoms with Gasteiger partial charge in [-0.05, 0) is 43.7 Å². The molecule has 3 atom stereocenters. The summed E-state index contributed by atoms with van der Waals surface area (Å²) in [4.78, 5) is 19.0. The van der Waals surface area contributed by atoms with Crippen LogP contribution < -0.4 is 21.1 Å². The van der Waals surface area contributed by atoms with Crippen molar-refractivity contribution in [2.24, 2.45) is 10.9 Å². The molecule has 2 aliphatic rings. The molecule has 2 aliphatic heterocycles. The van der Waals surface area contributed by atoms with Crippen molar-refractivity contribution in [3.63, 3.8) is 0 Å². The van der Waals surface area contributed by atoms with E-state index in [0.717, 1.165) is 11.3 Å². The number of thioether (sulfide) groups is 1. The van der Waals surface area contributed by atoms with Gasteiger partial charge in [-0.1, -0.05) is 29.4 Å². The number of rotatable bonds is 5. The lowest BCUT2D eigenvalue weighted by Gasteiger charge is -2.36. The number of amides is 1. The standard InChI is InChI=1S/C20H23ClN6O2S/c1-11-14(21)6-3-7-15(11)27-18(22)17-12(2)25-26-19(17)24-20(27)30-10-16(28)23-9-13-5-4-8-29-13/h3-8,12,17,19,22,25-26H,9-10H2,1-2H3,(H,23,28). The van der Waals surface area contributed by atoms with Crippen LogP contribution in [0.5, 0.6) is 0 Å². The van der Waals surface area contributed by atoms with E-state index in [1.807, 2.05) is 38.1 Å². The van der Waals surface area contributed by atoms with Crippen LogP contribution in [0.15, 0.2) is 46.0 Å². The fourth-order valence-corrected chi connectivity index (χ4v) is 4.60. The lowest BCUT2D eigenvalue weighted by Crippen LogP contribution is -2.50. The van der Waals surface area contributed by atoms with E-state index in [1.54, 1.807) is 17.2 Å². The van der Waals surface area contributed by atoms with Crippen LogP contribution in [0.25, 0.3) is 0 Å². The van der Waals surface area contributed by atoms with Gasteiger partial charge in [-0.2, -0.15) is 0 Å². The highest BCUT2D eigenvalue weighted by Crippen LogP contribution is 2.35. The number of anilines is 1. The van der Waals surface area contributed by atoms with Crippen molar-refractivity contribution >= 4 is 46.0 Å². The van der Waals surface area contributed by atoms with Crippen LogP contribution in [0.3, 0.4) is 0 Å². The second kappa shape index (κ2) is 8.81. The summed E-state index contributed by atoms with van der Waals surface area (Å²) < 4.78 is 5.24. The van der Waals surface area contributed by atoms with Gasteiger partial charge in [0.05, 0.1) is 30.2 Å². The summed E-state index contributed by atoms with van der Waals surface area (Å²) in [5.74, 6) is 1.02. The van der Waals surface area contributed by atoms with E-state index in [4.69, 9.17) is 26.4 Å². The van der Waals surface area contributed by atoms with E-state index in [-0.39, 0.29) is 29.8 Å². The topological polar surface area (TPSA) is 106 Å². The second-order valence-corrected chi connectivity index (χ2v) is 8.56. The summed E-state index contributed by atoms with van der Waals surface area (Å²) in [6.45, 7) is 4.27. The number of carbonyl (C=O) groups is 1. The van der Waals surface area contributed by atoms with Gasteiger partial charge in [0.1, 0.15) is 17.8 Å². The lowest BCUT2D eigenvalue weighted by molar-refractivity contribution is -0.118. The van der Waals surface area contributed by atoms with Gasteiger partial charge in [0.25, 0.3) is 0 Å². The molecule has 10 heteroatoms. The minimum Gasteiger partial charge on any atom is -0.467 e. The first-order chi connectivity index (χ1) is 14.5. The molecule has 4 rings (SSSR count). The Morgan fingerprint density at radius 3 is 2.97 bits per heavy atom. The predicted molar refractivity (Wildman–Crippen MR) is 120 cm³/mol. The quantitative estimate of drug-likeness (QED) is 0.562. The fourth-order valence-electron chi connectivity index (χ4n) is 3.55. The average Bonchev–Trinajstić information content (AvgIpc) is 3.37. The third-order valence-corrected chi connectivity index (χ3v) is 6.55. The van der Waals surface area contributed by atoms with E-state index >= 15 is 0 Å². The van der Waals surface area contributed by atoms with Crippen molar-refractivity contribution in [1.82, 2.24) is 16.2 Å². The first kappa shape index (κ1) is 20.9. The summed E-state index contributed by atoms with van der Waals surface area (Å²) in [7, 11) is 0. The summed E-state index contributed by atoms with van der Waals surface area (Å²) in [6.07, 6.45) is 1.32. The number of hydrogen-bond acceptors (Lipinski definition) is 7. The summed E-state index contributed by atoms with van der Waals surface area (Å²) in [5, 5.41) is 12.9. The Balaban J connectivity index is 1.55. The van der Waals surface area contributed by atoms with Gasteiger partial charge in [0.15, 0.2) is 5.17 Å². The number of furan rings is 1. The number of nitrogens with zero attached hydrogens (tertiary/aromatic N) is 2. The molecule has 4 N–H and O–H groups in total. The molecule has 3 heterocycles. The van der Waals surface area contributed by atoms with Gasteiger partial charge in [-0.25, -0.2) is 10.4 Å². The molecule has 1 amide bonds. The normalized spacial score (nSPS) is 23.3. The average molecular weight is 447 g/mol. The van der Waals surface area contributed by atoms with Gasteiger partial charge >= 0.3 is 0 Å². The zero-order valence-corrected chi connectivity index (χ0v) is 18.2. The number of amidine groups is 2. The van der Waals surface area contributed by atoms with Crippen molar-refractivity contribution in [2.75, 3.05) is 10.7 Å². The van der Waals surface area contributed by atoms with Crippen LogP contribution in [0.4, 0.5) is 5.69 Å². The zero-order chi connectivity index (χ0) is 21.3. The van der Waals surface area contributed by atoms with Crippen LogP contribution >= 0.6 is 23.4 Å². The highest BCUT2D eigenvalue weighted by molar-refractivity contribution is 8.14. The van der Waals surface area contributed by atoms with E-state index in [1.165, 1.54) is 11.8 Å². The van der Waals surface area contributed by atoms with Gasteiger partial charge in [0.2, 0.25) is 5.91 Å². The molecule has 3 unspecified atom stereocenters. The van der Waals surface area contributed by atoms with Crippen molar-refractivity contribution < 1.29 is 9.21 Å². The first-order valence-corrected chi connectivity index (χ1v) is 11.0. The van der Waals surface area contributed by atoms with Crippen molar-refractivity contribution in [3.05, 3.63) is 52.9 Å². The van der Waals surface area contributed by atoms with Crippen LogP contribution in [0, 0.1) is 18.3 Å². The molecule has 0 saturated carbocycles. The first-order valence-electron chi connectivity index (χ1n) is 9.60. The molecule has 2 aromatic rings. The molecule has 30 heavy (non-hydrogen) atoms. The summed E-state index contributed by atoms with van der Waals surface area (Å²) >= 11 is 7.64. The predicted octanol–water partition coefficient (Wildman–Crippen LogP) is 2.88. The SMILES string of the molecule is Cc1c(Cl)cccc1N1C(=N)C2C(C)NNC2N=C1SCC(=O)NCc1ccco1. The zero-order valence-electron chi connectivity index (χ0n) is 16.6. The molecule has 0 radical (unpaired) electrons. The number of nitrogens with one attached hydrogen (secondary N) is 4. The Labute approximate surface area is 183 Å². The van der Waals surface area contributed by atoms with Crippen molar-refractivity contribution in [3.8, 4) is 0 Å². The molecule has 0 aliphatic carbocycles. The highest BCUT2D eigenvalue weighted by Gasteiger charge is 2.44. The molecule has 0 spiro atoms. The molecular formula is C20H23ClN6O2S. The highest BCUT2D eigenvalue weighted by atomic mass is 35.5. The van der Waals surface area contributed by atoms with Gasteiger partial charge < -0.3 is 9.73 Å². The number of hydrazine groups is 1. The van der Waals surface area contributed by atoms with Crippen LogP contribution in [0.1, 0.15) is 18.2 Å². The maximum Gasteiger partial charge on any atom is 0.230 e. The smallest absolute Gasteiger partial charge is 0.230 e. The molecule has 1 fully saturated rings. The number of benzene rings is 1. The van der Waals surface area contributed by atoms with E-state index in [2.05, 4.69) is 16.2 Å². The van der Waals surface area contributed by atoms with Gasteiger partial charge in [-0.15, -0.1) is 0 Å². The third-order valence-electron chi connectivity index (χ3n) is 5.19. The number of carbonyl (C=O) groups excluding carboxylic acids is 1. The summed E-state index contributed by atoms with van der Waals surface area (Å²) in [5.41, 5.74) is 7.97. The van der Waals surface area contributed by atoms with Crippen LogP contribution in [-0.4, -0.2) is 34.9 Å². The summed E-state index contributed by atoms with van der Waals surface area (Å²) in [6, 6.07) is 9.24. The van der Waals surface area contributed by atoms with Gasteiger partial charge in [0, 0.05) is 11.1 Å². The number of aliphatic imine (C=N–C) groups is 1. The maximum atomic E-state index is 12.4. The van der Waals surface area contributed by atoms with Crippen molar-refractivity contribution in [2.45, 2.75) is 32.6 Å². The molecule has 1 aromatic carbocycles. The monoisotopic (exact) mass is 446 g/mol. The molecule has 0 bridgehead atoms. The molecule has 158 valence electrons. The molecule has 1 aromatic heterocycles. The molecule has 8 nitrogen and oxygen atoms in total. The molecular weight excluding hydrogens is 424 g/mol. The van der Waals surface area contributed by atoms with Crippen molar-refractivity contribution in [1.29, 1.82) is 5.41 Å². The Bertz CT molecular complexity index is 980. The second-order valence-electron chi connectivity index (χ2n) is 7.21. The minimum atomic E-state index is -0.253. The third kappa shape index (κ3) is 4.11. The maximum absolute atomic E-state index is 12.4. The van der Waals surface area contributed by atoms with E-state index in [0.29, 0.717) is 28.3 Å². The number of fused-ring (bicyclic) bond motifs is 1.